The van der Waals surface area contributed by atoms with Crippen LogP contribution < -0.4 is 10.1 Å². The Balaban J connectivity index is 2.09. The highest BCUT2D eigenvalue weighted by molar-refractivity contribution is 5.97. The van der Waals surface area contributed by atoms with Crippen LogP contribution in [0.15, 0.2) is 42.5 Å². The van der Waals surface area contributed by atoms with Crippen molar-refractivity contribution in [2.75, 3.05) is 11.9 Å². The Hall–Kier alpha value is -3.65. The molecular weight excluding hydrogens is 395 g/mol. The van der Waals surface area contributed by atoms with Gasteiger partial charge in [-0.1, -0.05) is 0 Å². The number of rotatable bonds is 6. The molecular formula is C18H14F3N3O5. The maximum atomic E-state index is 13.0. The van der Waals surface area contributed by atoms with E-state index in [9.17, 15) is 33.2 Å². The Kier molecular flexibility index (Phi) is 6.09. The molecule has 1 atom stereocenters. The minimum Gasteiger partial charge on any atom is -0.490 e. The summed E-state index contributed by atoms with van der Waals surface area (Å²) in [4.78, 5) is 22.2. The molecule has 0 radical (unpaired) electrons. The second-order valence-corrected chi connectivity index (χ2v) is 6.14. The van der Waals surface area contributed by atoms with E-state index in [1.807, 2.05) is 0 Å². The summed E-state index contributed by atoms with van der Waals surface area (Å²) < 4.78 is 44.2. The highest BCUT2D eigenvalue weighted by atomic mass is 19.4. The lowest BCUT2D eigenvalue weighted by Gasteiger charge is -2.23. The molecule has 0 bridgehead atoms. The van der Waals surface area contributed by atoms with Gasteiger partial charge in [0.1, 0.15) is 12.4 Å². The Labute approximate surface area is 162 Å². The average Bonchev–Trinajstić information content (AvgIpc) is 2.66. The Morgan fingerprint density at radius 3 is 2.41 bits per heavy atom. The normalized spacial score (nSPS) is 13.1. The molecule has 29 heavy (non-hydrogen) atoms. The van der Waals surface area contributed by atoms with Gasteiger partial charge in [0, 0.05) is 17.8 Å². The Morgan fingerprint density at radius 1 is 1.28 bits per heavy atom. The molecule has 0 saturated carbocycles. The van der Waals surface area contributed by atoms with Gasteiger partial charge in [-0.3, -0.25) is 14.9 Å². The lowest BCUT2D eigenvalue weighted by Crippen LogP contribution is -2.45. The summed E-state index contributed by atoms with van der Waals surface area (Å²) in [6.07, 6.45) is -4.80. The number of nitriles is 1. The quantitative estimate of drug-likeness (QED) is 0.557. The number of anilines is 1. The molecule has 2 N–H and O–H groups in total. The standard InChI is InChI=1S/C18H14F3N3O5/c1-17(26,10-29-14-6-4-13(5-7-14)24(27)28)16(25)23-12-3-2-11(9-22)15(8-12)18(19,20)21/h2-8,26H,10H2,1H3,(H,23,25). The molecule has 1 unspecified atom stereocenters. The van der Waals surface area contributed by atoms with Gasteiger partial charge in [-0.2, -0.15) is 18.4 Å². The monoisotopic (exact) mass is 409 g/mol. The van der Waals surface area contributed by atoms with E-state index in [1.165, 1.54) is 30.3 Å². The van der Waals surface area contributed by atoms with Crippen molar-refractivity contribution < 1.29 is 32.7 Å². The van der Waals surface area contributed by atoms with Crippen LogP contribution in [0.3, 0.4) is 0 Å². The number of hydrogen-bond donors (Lipinski definition) is 2. The van der Waals surface area contributed by atoms with Crippen molar-refractivity contribution in [3.05, 3.63) is 63.7 Å². The van der Waals surface area contributed by atoms with Gasteiger partial charge < -0.3 is 15.2 Å². The van der Waals surface area contributed by atoms with Crippen LogP contribution in [0.2, 0.25) is 0 Å². The fourth-order valence-corrected chi connectivity index (χ4v) is 2.17. The molecule has 0 spiro atoms. The van der Waals surface area contributed by atoms with Crippen molar-refractivity contribution in [3.63, 3.8) is 0 Å². The van der Waals surface area contributed by atoms with E-state index in [0.717, 1.165) is 19.1 Å². The first-order valence-electron chi connectivity index (χ1n) is 7.96. The van der Waals surface area contributed by atoms with Crippen molar-refractivity contribution >= 4 is 17.3 Å². The van der Waals surface area contributed by atoms with Crippen molar-refractivity contribution in [2.24, 2.45) is 0 Å². The number of alkyl halides is 3. The number of nitro benzene ring substituents is 1. The second kappa shape index (κ2) is 8.15. The van der Waals surface area contributed by atoms with Gasteiger partial charge in [0.25, 0.3) is 11.6 Å². The minimum absolute atomic E-state index is 0.140. The summed E-state index contributed by atoms with van der Waals surface area (Å²) in [6, 6.07) is 8.87. The van der Waals surface area contributed by atoms with Gasteiger partial charge in [-0.25, -0.2) is 0 Å². The lowest BCUT2D eigenvalue weighted by atomic mass is 10.1. The van der Waals surface area contributed by atoms with E-state index >= 15 is 0 Å². The molecule has 8 nitrogen and oxygen atoms in total. The molecule has 0 fully saturated rings. The number of carbonyl (C=O) groups excluding carboxylic acids is 1. The van der Waals surface area contributed by atoms with Crippen LogP contribution in [0.25, 0.3) is 0 Å². The summed E-state index contributed by atoms with van der Waals surface area (Å²) in [6.45, 7) is 0.515. The molecule has 1 amide bonds. The van der Waals surface area contributed by atoms with Crippen LogP contribution in [0.5, 0.6) is 5.75 Å². The zero-order valence-corrected chi connectivity index (χ0v) is 14.9. The summed E-state index contributed by atoms with van der Waals surface area (Å²) in [5, 5.41) is 31.8. The van der Waals surface area contributed by atoms with Crippen LogP contribution in [0, 0.1) is 21.4 Å². The predicted octanol–water partition coefficient (Wildman–Crippen LogP) is 3.25. The number of halogens is 3. The van der Waals surface area contributed by atoms with Gasteiger partial charge >= 0.3 is 6.18 Å². The number of nitrogens with one attached hydrogen (secondary N) is 1. The topological polar surface area (TPSA) is 125 Å². The third-order valence-corrected chi connectivity index (χ3v) is 3.76. The molecule has 0 aliphatic rings. The molecule has 0 aromatic heterocycles. The van der Waals surface area contributed by atoms with E-state index in [1.54, 1.807) is 0 Å². The lowest BCUT2D eigenvalue weighted by molar-refractivity contribution is -0.384. The largest absolute Gasteiger partial charge is 0.490 e. The van der Waals surface area contributed by atoms with Crippen LogP contribution in [0.1, 0.15) is 18.1 Å². The van der Waals surface area contributed by atoms with E-state index in [4.69, 9.17) is 10.00 Å². The van der Waals surface area contributed by atoms with E-state index < -0.39 is 40.3 Å². The van der Waals surface area contributed by atoms with Crippen molar-refractivity contribution in [2.45, 2.75) is 18.7 Å². The van der Waals surface area contributed by atoms with Crippen LogP contribution >= 0.6 is 0 Å². The molecule has 0 aliphatic heterocycles. The maximum Gasteiger partial charge on any atom is 0.417 e. The first-order chi connectivity index (χ1) is 13.4. The summed E-state index contributed by atoms with van der Waals surface area (Å²) in [7, 11) is 0. The Bertz CT molecular complexity index is 966. The molecule has 0 heterocycles. The molecule has 0 saturated heterocycles. The number of amides is 1. The minimum atomic E-state index is -4.80. The first-order valence-corrected chi connectivity index (χ1v) is 7.96. The van der Waals surface area contributed by atoms with Gasteiger partial charge in [0.05, 0.1) is 22.1 Å². The van der Waals surface area contributed by atoms with Gasteiger partial charge in [-0.15, -0.1) is 0 Å². The molecule has 0 aliphatic carbocycles. The molecule has 2 aromatic rings. The highest BCUT2D eigenvalue weighted by Crippen LogP contribution is 2.33. The van der Waals surface area contributed by atoms with Crippen molar-refractivity contribution in [1.82, 2.24) is 0 Å². The number of aliphatic hydroxyl groups is 1. The zero-order chi connectivity index (χ0) is 21.8. The Morgan fingerprint density at radius 2 is 1.90 bits per heavy atom. The van der Waals surface area contributed by atoms with Crippen LogP contribution in [-0.4, -0.2) is 28.1 Å². The van der Waals surface area contributed by atoms with Crippen LogP contribution in [-0.2, 0) is 11.0 Å². The molecule has 11 heteroatoms. The number of carbonyl (C=O) groups is 1. The average molecular weight is 409 g/mol. The SMILES string of the molecule is CC(O)(COc1ccc([N+](=O)[O-])cc1)C(=O)Nc1ccc(C#N)c(C(F)(F)F)c1. The maximum absolute atomic E-state index is 13.0. The predicted molar refractivity (Wildman–Crippen MR) is 94.0 cm³/mol. The molecule has 2 rings (SSSR count). The van der Waals surface area contributed by atoms with E-state index in [2.05, 4.69) is 5.32 Å². The van der Waals surface area contributed by atoms with Crippen LogP contribution in [0.4, 0.5) is 24.5 Å². The summed E-state index contributed by atoms with van der Waals surface area (Å²) in [5.74, 6) is -0.904. The zero-order valence-electron chi connectivity index (χ0n) is 14.9. The van der Waals surface area contributed by atoms with Gasteiger partial charge in [0.15, 0.2) is 5.60 Å². The number of ether oxygens (including phenoxy) is 1. The fraction of sp³-hybridized carbons (Fsp3) is 0.222. The van der Waals surface area contributed by atoms with E-state index in [-0.39, 0.29) is 17.1 Å². The van der Waals surface area contributed by atoms with Crippen molar-refractivity contribution in [3.8, 4) is 11.8 Å². The number of non-ortho nitro benzene ring substituents is 1. The number of nitro groups is 1. The summed E-state index contributed by atoms with van der Waals surface area (Å²) in [5.41, 5.74) is -4.41. The van der Waals surface area contributed by atoms with Crippen molar-refractivity contribution in [1.29, 1.82) is 5.26 Å². The number of hydrogen-bond acceptors (Lipinski definition) is 6. The smallest absolute Gasteiger partial charge is 0.417 e. The van der Waals surface area contributed by atoms with Gasteiger partial charge in [0.2, 0.25) is 0 Å². The fourth-order valence-electron chi connectivity index (χ4n) is 2.17. The van der Waals surface area contributed by atoms with E-state index in [0.29, 0.717) is 6.07 Å². The van der Waals surface area contributed by atoms with Gasteiger partial charge in [-0.05, 0) is 37.3 Å². The molecule has 152 valence electrons. The second-order valence-electron chi connectivity index (χ2n) is 6.14. The number of nitrogens with zero attached hydrogens (tertiary/aromatic N) is 2. The highest BCUT2D eigenvalue weighted by Gasteiger charge is 2.35. The third kappa shape index (κ3) is 5.43. The molecule has 2 aromatic carbocycles. The number of benzene rings is 2. The third-order valence-electron chi connectivity index (χ3n) is 3.76. The summed E-state index contributed by atoms with van der Waals surface area (Å²) >= 11 is 0. The first kappa shape index (κ1) is 21.6.